The van der Waals surface area contributed by atoms with E-state index in [1.165, 1.54) is 0 Å². The van der Waals surface area contributed by atoms with Gasteiger partial charge in [0.1, 0.15) is 18.5 Å². The van der Waals surface area contributed by atoms with Gasteiger partial charge in [-0.05, 0) is 24.6 Å². The molecule has 1 aromatic carbocycles. The number of nitrogens with two attached hydrogens (primary N) is 1. The van der Waals surface area contributed by atoms with Crippen LogP contribution in [0.1, 0.15) is 25.3 Å². The van der Waals surface area contributed by atoms with E-state index in [-0.39, 0.29) is 13.2 Å². The molecular weight excluding hydrogens is 266 g/mol. The summed E-state index contributed by atoms with van der Waals surface area (Å²) in [6, 6.07) is 5.26. The Bertz CT molecular complexity index is 374. The van der Waals surface area contributed by atoms with E-state index in [0.717, 1.165) is 18.4 Å². The van der Waals surface area contributed by atoms with Crippen LogP contribution in [-0.4, -0.2) is 31.0 Å². The average molecular weight is 288 g/mol. The summed E-state index contributed by atoms with van der Waals surface area (Å²) < 4.78 is 10.9. The molecule has 0 aliphatic rings. The predicted octanol–water partition coefficient (Wildman–Crippen LogP) is 2.36. The van der Waals surface area contributed by atoms with E-state index in [4.69, 9.17) is 26.8 Å². The molecule has 0 fully saturated rings. The van der Waals surface area contributed by atoms with E-state index < -0.39 is 6.10 Å². The lowest BCUT2D eigenvalue weighted by Gasteiger charge is -2.15. The van der Waals surface area contributed by atoms with Crippen molar-refractivity contribution in [3.05, 3.63) is 28.8 Å². The maximum absolute atomic E-state index is 9.72. The molecule has 0 heterocycles. The third-order valence-electron chi connectivity index (χ3n) is 2.63. The normalized spacial score (nSPS) is 12.4. The summed E-state index contributed by atoms with van der Waals surface area (Å²) in [5, 5.41) is 10.3. The molecule has 5 heteroatoms. The number of benzene rings is 1. The van der Waals surface area contributed by atoms with Gasteiger partial charge < -0.3 is 20.3 Å². The highest BCUT2D eigenvalue weighted by Gasteiger charge is 2.08. The number of hydrogen-bond acceptors (Lipinski definition) is 4. The third kappa shape index (κ3) is 6.25. The molecule has 4 nitrogen and oxygen atoms in total. The van der Waals surface area contributed by atoms with Gasteiger partial charge in [-0.15, -0.1) is 0 Å². The number of aliphatic hydroxyl groups is 1. The second-order valence-corrected chi connectivity index (χ2v) is 4.79. The van der Waals surface area contributed by atoms with Gasteiger partial charge in [-0.1, -0.05) is 24.9 Å². The molecule has 0 radical (unpaired) electrons. The Morgan fingerprint density at radius 2 is 2.16 bits per heavy atom. The van der Waals surface area contributed by atoms with E-state index in [0.29, 0.717) is 23.9 Å². The number of unbranched alkanes of at least 4 members (excludes halogenated alkanes) is 1. The molecule has 1 rings (SSSR count). The van der Waals surface area contributed by atoms with Gasteiger partial charge in [0.05, 0.1) is 6.61 Å². The Morgan fingerprint density at radius 3 is 2.84 bits per heavy atom. The summed E-state index contributed by atoms with van der Waals surface area (Å²) in [5.74, 6) is 0.652. The number of ether oxygens (including phenoxy) is 2. The van der Waals surface area contributed by atoms with Gasteiger partial charge in [-0.25, -0.2) is 0 Å². The van der Waals surface area contributed by atoms with Crippen LogP contribution in [0, 0.1) is 0 Å². The molecule has 1 atom stereocenters. The summed E-state index contributed by atoms with van der Waals surface area (Å²) in [4.78, 5) is 0. The summed E-state index contributed by atoms with van der Waals surface area (Å²) in [6.07, 6.45) is 1.44. The molecule has 1 aromatic rings. The summed E-state index contributed by atoms with van der Waals surface area (Å²) in [6.45, 7) is 3.58. The molecule has 0 bridgehead atoms. The third-order valence-corrected chi connectivity index (χ3v) is 2.86. The van der Waals surface area contributed by atoms with Crippen LogP contribution in [0.5, 0.6) is 5.75 Å². The molecule has 0 spiro atoms. The Balaban J connectivity index is 2.35. The second-order valence-electron chi connectivity index (χ2n) is 4.35. The fraction of sp³-hybridized carbons (Fsp3) is 0.571. The first-order chi connectivity index (χ1) is 9.17. The van der Waals surface area contributed by atoms with Crippen molar-refractivity contribution in [1.82, 2.24) is 0 Å². The summed E-state index contributed by atoms with van der Waals surface area (Å²) in [5.41, 5.74) is 6.44. The maximum atomic E-state index is 9.72. The van der Waals surface area contributed by atoms with E-state index >= 15 is 0 Å². The Morgan fingerprint density at radius 1 is 1.37 bits per heavy atom. The van der Waals surface area contributed by atoms with E-state index in [1.54, 1.807) is 18.2 Å². The molecule has 0 aromatic heterocycles. The van der Waals surface area contributed by atoms with Crippen LogP contribution >= 0.6 is 11.6 Å². The van der Waals surface area contributed by atoms with E-state index in [1.807, 2.05) is 0 Å². The molecule has 0 amide bonds. The van der Waals surface area contributed by atoms with Crippen molar-refractivity contribution < 1.29 is 14.6 Å². The Hall–Kier alpha value is -0.810. The van der Waals surface area contributed by atoms with E-state index in [2.05, 4.69) is 6.92 Å². The molecule has 19 heavy (non-hydrogen) atoms. The van der Waals surface area contributed by atoms with Crippen molar-refractivity contribution in [3.63, 3.8) is 0 Å². The molecule has 0 aliphatic heterocycles. The largest absolute Gasteiger partial charge is 0.490 e. The van der Waals surface area contributed by atoms with Gasteiger partial charge >= 0.3 is 0 Å². The second kappa shape index (κ2) is 9.15. The van der Waals surface area contributed by atoms with Gasteiger partial charge in [0.25, 0.3) is 0 Å². The number of rotatable bonds is 9. The van der Waals surface area contributed by atoms with Crippen molar-refractivity contribution in [2.24, 2.45) is 5.73 Å². The smallest absolute Gasteiger partial charge is 0.124 e. The van der Waals surface area contributed by atoms with Crippen LogP contribution in [0.25, 0.3) is 0 Å². The summed E-state index contributed by atoms with van der Waals surface area (Å²) >= 11 is 5.88. The van der Waals surface area contributed by atoms with Crippen molar-refractivity contribution >= 4 is 11.6 Å². The van der Waals surface area contributed by atoms with Crippen molar-refractivity contribution in [2.75, 3.05) is 19.8 Å². The molecular formula is C14H22ClNO3. The standard InChI is InChI=1S/C14H22ClNO3/c1-2-3-6-18-9-13(17)10-19-14-5-4-12(15)7-11(14)8-16/h4-5,7,13,17H,2-3,6,8-10,16H2,1H3. The summed E-state index contributed by atoms with van der Waals surface area (Å²) in [7, 11) is 0. The fourth-order valence-electron chi connectivity index (χ4n) is 1.55. The van der Waals surface area contributed by atoms with Crippen LogP contribution in [0.2, 0.25) is 5.02 Å². The molecule has 1 unspecified atom stereocenters. The minimum atomic E-state index is -0.641. The first-order valence-electron chi connectivity index (χ1n) is 6.54. The lowest BCUT2D eigenvalue weighted by molar-refractivity contribution is 0.0111. The van der Waals surface area contributed by atoms with Crippen LogP contribution < -0.4 is 10.5 Å². The molecule has 108 valence electrons. The highest BCUT2D eigenvalue weighted by molar-refractivity contribution is 6.30. The van der Waals surface area contributed by atoms with Crippen LogP contribution in [0.15, 0.2) is 18.2 Å². The number of hydrogen-bond donors (Lipinski definition) is 2. The van der Waals surface area contributed by atoms with Gasteiger partial charge in [0.15, 0.2) is 0 Å². The number of aliphatic hydroxyl groups excluding tert-OH is 1. The monoisotopic (exact) mass is 287 g/mol. The lowest BCUT2D eigenvalue weighted by atomic mass is 10.2. The van der Waals surface area contributed by atoms with E-state index in [9.17, 15) is 5.11 Å². The van der Waals surface area contributed by atoms with Crippen LogP contribution in [0.4, 0.5) is 0 Å². The minimum Gasteiger partial charge on any atom is -0.490 e. The predicted molar refractivity (Wildman–Crippen MR) is 76.6 cm³/mol. The van der Waals surface area contributed by atoms with Crippen LogP contribution in [-0.2, 0) is 11.3 Å². The SMILES string of the molecule is CCCCOCC(O)COc1ccc(Cl)cc1CN. The topological polar surface area (TPSA) is 64.7 Å². The molecule has 0 aliphatic carbocycles. The molecule has 0 saturated heterocycles. The minimum absolute atomic E-state index is 0.181. The quantitative estimate of drug-likeness (QED) is 0.684. The Labute approximate surface area is 119 Å². The van der Waals surface area contributed by atoms with Gasteiger partial charge in [0.2, 0.25) is 0 Å². The first kappa shape index (κ1) is 16.2. The van der Waals surface area contributed by atoms with Gasteiger partial charge in [-0.2, -0.15) is 0 Å². The zero-order chi connectivity index (χ0) is 14.1. The zero-order valence-electron chi connectivity index (χ0n) is 11.3. The van der Waals surface area contributed by atoms with Gasteiger partial charge in [0, 0.05) is 23.7 Å². The average Bonchev–Trinajstić information content (AvgIpc) is 2.42. The van der Waals surface area contributed by atoms with Crippen LogP contribution in [0.3, 0.4) is 0 Å². The van der Waals surface area contributed by atoms with Crippen molar-refractivity contribution in [2.45, 2.75) is 32.4 Å². The molecule has 0 saturated carbocycles. The Kier molecular flexibility index (Phi) is 7.82. The fourth-order valence-corrected chi connectivity index (χ4v) is 1.74. The zero-order valence-corrected chi connectivity index (χ0v) is 12.0. The number of halogens is 1. The highest BCUT2D eigenvalue weighted by atomic mass is 35.5. The van der Waals surface area contributed by atoms with Crippen molar-refractivity contribution in [3.8, 4) is 5.75 Å². The molecule has 3 N–H and O–H groups in total. The first-order valence-corrected chi connectivity index (χ1v) is 6.92. The maximum Gasteiger partial charge on any atom is 0.124 e. The highest BCUT2D eigenvalue weighted by Crippen LogP contribution is 2.22. The van der Waals surface area contributed by atoms with Crippen molar-refractivity contribution in [1.29, 1.82) is 0 Å². The lowest BCUT2D eigenvalue weighted by Crippen LogP contribution is -2.24. The van der Waals surface area contributed by atoms with Gasteiger partial charge in [-0.3, -0.25) is 0 Å².